The molecule has 3 atom stereocenters. The lowest BCUT2D eigenvalue weighted by molar-refractivity contribution is -0.117. The third-order valence-corrected chi connectivity index (χ3v) is 4.45. The van der Waals surface area contributed by atoms with Crippen LogP contribution in [0, 0.1) is 0 Å². The zero-order valence-electron chi connectivity index (χ0n) is 11.4. The first kappa shape index (κ1) is 13.9. The first-order chi connectivity index (χ1) is 9.61. The van der Waals surface area contributed by atoms with E-state index >= 15 is 0 Å². The molecule has 2 N–H and O–H groups in total. The number of amides is 1. The maximum atomic E-state index is 11.9. The van der Waals surface area contributed by atoms with Gasteiger partial charge in [-0.25, -0.2) is 0 Å². The Morgan fingerprint density at radius 2 is 2.35 bits per heavy atom. The van der Waals surface area contributed by atoms with E-state index in [-0.39, 0.29) is 17.9 Å². The topological polar surface area (TPSA) is 58.6 Å². The van der Waals surface area contributed by atoms with Crippen LogP contribution < -0.4 is 5.32 Å². The molecule has 1 amide bonds. The second-order valence-corrected chi connectivity index (χ2v) is 5.82. The van der Waals surface area contributed by atoms with Crippen molar-refractivity contribution in [2.24, 2.45) is 0 Å². The average Bonchev–Trinajstić information content (AvgIpc) is 3.05. The Kier molecular flexibility index (Phi) is 3.71. The number of carbonyl (C=O) groups is 1. The number of rotatable bonds is 3. The standard InChI is InChI=1S/C15H18ClNO3/c1-2-9-10-6-8(14(18)12-4-3-5-20-12)7-11(16)13(10)17-15(9)19/h6-7,9,12,14,18H,2-5H2,1H3,(H,17,19). The van der Waals surface area contributed by atoms with Crippen LogP contribution in [0.15, 0.2) is 12.1 Å². The van der Waals surface area contributed by atoms with Gasteiger partial charge in [-0.3, -0.25) is 4.79 Å². The Bertz CT molecular complexity index is 540. The van der Waals surface area contributed by atoms with Crippen molar-refractivity contribution < 1.29 is 14.6 Å². The van der Waals surface area contributed by atoms with Crippen molar-refractivity contribution in [3.8, 4) is 0 Å². The number of ether oxygens (including phenoxy) is 1. The number of aliphatic hydroxyl groups excluding tert-OH is 1. The van der Waals surface area contributed by atoms with Crippen LogP contribution in [0.3, 0.4) is 0 Å². The van der Waals surface area contributed by atoms with Gasteiger partial charge in [-0.15, -0.1) is 0 Å². The molecule has 20 heavy (non-hydrogen) atoms. The molecule has 1 saturated heterocycles. The van der Waals surface area contributed by atoms with E-state index in [4.69, 9.17) is 16.3 Å². The highest BCUT2D eigenvalue weighted by Crippen LogP contribution is 2.42. The molecule has 1 aromatic carbocycles. The molecule has 3 rings (SSSR count). The van der Waals surface area contributed by atoms with E-state index in [1.807, 2.05) is 13.0 Å². The molecule has 0 radical (unpaired) electrons. The summed E-state index contributed by atoms with van der Waals surface area (Å²) in [7, 11) is 0. The van der Waals surface area contributed by atoms with Gasteiger partial charge in [0.1, 0.15) is 6.10 Å². The molecule has 0 aliphatic carbocycles. The summed E-state index contributed by atoms with van der Waals surface area (Å²) in [5.41, 5.74) is 2.31. The van der Waals surface area contributed by atoms with Gasteiger partial charge < -0.3 is 15.2 Å². The van der Waals surface area contributed by atoms with Crippen molar-refractivity contribution in [1.82, 2.24) is 0 Å². The molecule has 2 aliphatic rings. The van der Waals surface area contributed by atoms with Crippen LogP contribution in [-0.2, 0) is 9.53 Å². The Labute approximate surface area is 123 Å². The number of halogens is 1. The number of carbonyl (C=O) groups excluding carboxylic acids is 1. The van der Waals surface area contributed by atoms with E-state index in [1.165, 1.54) is 0 Å². The Hall–Kier alpha value is -1.10. The van der Waals surface area contributed by atoms with Gasteiger partial charge in [0, 0.05) is 6.61 Å². The lowest BCUT2D eigenvalue weighted by Crippen LogP contribution is -2.17. The predicted molar refractivity (Wildman–Crippen MR) is 77.0 cm³/mol. The highest BCUT2D eigenvalue weighted by atomic mass is 35.5. The summed E-state index contributed by atoms with van der Waals surface area (Å²) in [4.78, 5) is 11.9. The smallest absolute Gasteiger partial charge is 0.232 e. The van der Waals surface area contributed by atoms with Crippen LogP contribution in [0.2, 0.25) is 5.02 Å². The van der Waals surface area contributed by atoms with E-state index in [1.54, 1.807) is 6.07 Å². The summed E-state index contributed by atoms with van der Waals surface area (Å²) in [6.45, 7) is 2.66. The summed E-state index contributed by atoms with van der Waals surface area (Å²) < 4.78 is 5.53. The van der Waals surface area contributed by atoms with Crippen LogP contribution in [0.1, 0.15) is 49.3 Å². The SMILES string of the molecule is CCC1C(=O)Nc2c(Cl)cc(C(O)C3CCCO3)cc21. The van der Waals surface area contributed by atoms with Crippen molar-refractivity contribution in [3.05, 3.63) is 28.3 Å². The lowest BCUT2D eigenvalue weighted by atomic mass is 9.93. The number of fused-ring (bicyclic) bond motifs is 1. The molecule has 2 heterocycles. The van der Waals surface area contributed by atoms with E-state index in [0.29, 0.717) is 23.7 Å². The average molecular weight is 296 g/mol. The minimum absolute atomic E-state index is 0.0202. The van der Waals surface area contributed by atoms with Crippen molar-refractivity contribution in [2.45, 2.75) is 44.3 Å². The van der Waals surface area contributed by atoms with Gasteiger partial charge in [0.05, 0.1) is 22.7 Å². The molecule has 2 aliphatic heterocycles. The van der Waals surface area contributed by atoms with Gasteiger partial charge in [0.25, 0.3) is 0 Å². The van der Waals surface area contributed by atoms with Gasteiger partial charge in [-0.2, -0.15) is 0 Å². The quantitative estimate of drug-likeness (QED) is 0.901. The minimum Gasteiger partial charge on any atom is -0.386 e. The summed E-state index contributed by atoms with van der Waals surface area (Å²) in [6, 6.07) is 3.62. The third-order valence-electron chi connectivity index (χ3n) is 4.15. The van der Waals surface area contributed by atoms with E-state index in [2.05, 4.69) is 5.32 Å². The highest BCUT2D eigenvalue weighted by molar-refractivity contribution is 6.34. The molecular weight excluding hydrogens is 278 g/mol. The Morgan fingerprint density at radius 3 is 3.00 bits per heavy atom. The molecule has 1 fully saturated rings. The van der Waals surface area contributed by atoms with Crippen LogP contribution >= 0.6 is 11.6 Å². The van der Waals surface area contributed by atoms with Crippen LogP contribution in [0.4, 0.5) is 5.69 Å². The van der Waals surface area contributed by atoms with Gasteiger partial charge in [0.15, 0.2) is 0 Å². The molecule has 108 valence electrons. The number of hydrogen-bond donors (Lipinski definition) is 2. The number of hydrogen-bond acceptors (Lipinski definition) is 3. The third kappa shape index (κ3) is 2.22. The number of aliphatic hydroxyl groups is 1. The maximum absolute atomic E-state index is 11.9. The molecule has 0 saturated carbocycles. The fourth-order valence-electron chi connectivity index (χ4n) is 3.05. The summed E-state index contributed by atoms with van der Waals surface area (Å²) >= 11 is 6.25. The number of anilines is 1. The van der Waals surface area contributed by atoms with E-state index < -0.39 is 6.10 Å². The predicted octanol–water partition coefficient (Wildman–Crippen LogP) is 3.00. The first-order valence-corrected chi connectivity index (χ1v) is 7.43. The van der Waals surface area contributed by atoms with Crippen molar-refractivity contribution in [3.63, 3.8) is 0 Å². The zero-order chi connectivity index (χ0) is 14.3. The summed E-state index contributed by atoms with van der Waals surface area (Å²) in [6.07, 6.45) is 1.68. The number of benzene rings is 1. The second-order valence-electron chi connectivity index (χ2n) is 5.41. The van der Waals surface area contributed by atoms with E-state index in [9.17, 15) is 9.90 Å². The van der Waals surface area contributed by atoms with Crippen LogP contribution in [0.25, 0.3) is 0 Å². The molecule has 1 aromatic rings. The van der Waals surface area contributed by atoms with Crippen molar-refractivity contribution in [2.75, 3.05) is 11.9 Å². The zero-order valence-corrected chi connectivity index (χ0v) is 12.1. The van der Waals surface area contributed by atoms with E-state index in [0.717, 1.165) is 24.0 Å². The fraction of sp³-hybridized carbons (Fsp3) is 0.533. The Morgan fingerprint density at radius 1 is 1.55 bits per heavy atom. The van der Waals surface area contributed by atoms with Gasteiger partial charge in [-0.1, -0.05) is 24.6 Å². The first-order valence-electron chi connectivity index (χ1n) is 7.05. The molecule has 5 heteroatoms. The molecular formula is C15H18ClNO3. The summed E-state index contributed by atoms with van der Waals surface area (Å²) in [5, 5.41) is 13.7. The molecule has 0 aromatic heterocycles. The van der Waals surface area contributed by atoms with Gasteiger partial charge in [-0.05, 0) is 36.5 Å². The largest absolute Gasteiger partial charge is 0.386 e. The Balaban J connectivity index is 1.96. The summed E-state index contributed by atoms with van der Waals surface area (Å²) in [5.74, 6) is -0.202. The molecule has 4 nitrogen and oxygen atoms in total. The number of nitrogens with one attached hydrogen (secondary N) is 1. The van der Waals surface area contributed by atoms with Gasteiger partial charge in [0.2, 0.25) is 5.91 Å². The van der Waals surface area contributed by atoms with Crippen molar-refractivity contribution >= 4 is 23.2 Å². The van der Waals surface area contributed by atoms with Gasteiger partial charge >= 0.3 is 0 Å². The lowest BCUT2D eigenvalue weighted by Gasteiger charge is -2.19. The molecule has 0 bridgehead atoms. The maximum Gasteiger partial charge on any atom is 0.232 e. The second kappa shape index (κ2) is 5.35. The minimum atomic E-state index is -0.687. The molecule has 0 spiro atoms. The molecule has 3 unspecified atom stereocenters. The monoisotopic (exact) mass is 295 g/mol. The normalized spacial score (nSPS) is 26.4. The van der Waals surface area contributed by atoms with Crippen LogP contribution in [-0.4, -0.2) is 23.7 Å². The van der Waals surface area contributed by atoms with Crippen molar-refractivity contribution in [1.29, 1.82) is 0 Å². The fourth-order valence-corrected chi connectivity index (χ4v) is 3.33. The van der Waals surface area contributed by atoms with Crippen LogP contribution in [0.5, 0.6) is 0 Å². The highest BCUT2D eigenvalue weighted by Gasteiger charge is 2.33.